The fourth-order valence-electron chi connectivity index (χ4n) is 2.55. The highest BCUT2D eigenvalue weighted by Gasteiger charge is 2.24. The van der Waals surface area contributed by atoms with E-state index >= 15 is 0 Å². The van der Waals surface area contributed by atoms with Crippen molar-refractivity contribution < 1.29 is 4.79 Å². The van der Waals surface area contributed by atoms with E-state index in [0.717, 1.165) is 11.3 Å². The zero-order valence-corrected chi connectivity index (χ0v) is 16.3. The summed E-state index contributed by atoms with van der Waals surface area (Å²) >= 11 is 13.2. The summed E-state index contributed by atoms with van der Waals surface area (Å²) in [6.45, 7) is 6.31. The summed E-state index contributed by atoms with van der Waals surface area (Å²) < 4.78 is 2.18. The average molecular weight is 394 g/mol. The average Bonchev–Trinajstić information content (AvgIpc) is 3.06. The third-order valence-electron chi connectivity index (χ3n) is 3.71. The molecule has 0 radical (unpaired) electrons. The lowest BCUT2D eigenvalue weighted by atomic mass is 10.3. The predicted octanol–water partition coefficient (Wildman–Crippen LogP) is 5.58. The van der Waals surface area contributed by atoms with Crippen LogP contribution in [0.2, 0.25) is 10.0 Å². The molecule has 0 atom stereocenters. The number of amidine groups is 1. The number of amides is 1. The number of halogens is 2. The molecule has 1 aromatic carbocycles. The second-order valence-electron chi connectivity index (χ2n) is 6.00. The van der Waals surface area contributed by atoms with Gasteiger partial charge in [0.15, 0.2) is 5.17 Å². The Labute approximate surface area is 160 Å². The number of aliphatic imine (C=N–C) groups is 1. The molecule has 3 rings (SSSR count). The highest BCUT2D eigenvalue weighted by molar-refractivity contribution is 8.18. The second-order valence-corrected chi connectivity index (χ2v) is 7.84. The van der Waals surface area contributed by atoms with Crippen LogP contribution >= 0.6 is 35.0 Å². The Morgan fingerprint density at radius 3 is 2.64 bits per heavy atom. The molecule has 0 spiro atoms. The number of benzene rings is 1. The van der Waals surface area contributed by atoms with E-state index in [9.17, 15) is 4.79 Å². The molecule has 0 aliphatic carbocycles. The SMILES string of the molecule is Cc1cc(/C=C2/SC(=Nc3ccc(Cl)c(Cl)c3)NC2=O)cn1C(C)C. The summed E-state index contributed by atoms with van der Waals surface area (Å²) in [5, 5.41) is 4.20. The van der Waals surface area contributed by atoms with Gasteiger partial charge in [-0.25, -0.2) is 4.99 Å². The van der Waals surface area contributed by atoms with E-state index in [-0.39, 0.29) is 5.91 Å². The first-order valence-corrected chi connectivity index (χ1v) is 9.34. The van der Waals surface area contributed by atoms with Gasteiger partial charge in [-0.15, -0.1) is 0 Å². The second kappa shape index (κ2) is 7.28. The maximum atomic E-state index is 12.2. The molecular formula is C18H17Cl2N3OS. The van der Waals surface area contributed by atoms with Gasteiger partial charge in [0, 0.05) is 17.9 Å². The maximum absolute atomic E-state index is 12.2. The summed E-state index contributed by atoms with van der Waals surface area (Å²) in [5.41, 5.74) is 2.80. The summed E-state index contributed by atoms with van der Waals surface area (Å²) in [5.74, 6) is -0.154. The number of aryl methyl sites for hydroxylation is 1. The summed E-state index contributed by atoms with van der Waals surface area (Å²) in [6, 6.07) is 7.54. The normalized spacial score (nSPS) is 17.8. The number of aromatic nitrogens is 1. The van der Waals surface area contributed by atoms with Gasteiger partial charge in [-0.05, 0) is 68.4 Å². The molecule has 4 nitrogen and oxygen atoms in total. The van der Waals surface area contributed by atoms with Gasteiger partial charge >= 0.3 is 0 Å². The fourth-order valence-corrected chi connectivity index (χ4v) is 3.69. The Morgan fingerprint density at radius 1 is 1.24 bits per heavy atom. The minimum Gasteiger partial charge on any atom is -0.349 e. The van der Waals surface area contributed by atoms with E-state index in [2.05, 4.69) is 47.9 Å². The number of nitrogens with one attached hydrogen (secondary N) is 1. The molecule has 1 aliphatic rings. The lowest BCUT2D eigenvalue weighted by Gasteiger charge is -2.08. The Morgan fingerprint density at radius 2 is 2.00 bits per heavy atom. The van der Waals surface area contributed by atoms with Crippen molar-refractivity contribution in [3.05, 3.63) is 56.7 Å². The standard InChI is InChI=1S/C18H17Cl2N3OS/c1-10(2)23-9-12(6-11(23)3)7-16-17(24)22-18(25-16)21-13-4-5-14(19)15(20)8-13/h4-10H,1-3H3,(H,21,22,24)/b16-7+. The third-order valence-corrected chi connectivity index (χ3v) is 5.36. The van der Waals surface area contributed by atoms with Crippen LogP contribution < -0.4 is 5.32 Å². The molecule has 0 unspecified atom stereocenters. The first-order chi connectivity index (χ1) is 11.8. The van der Waals surface area contributed by atoms with E-state index in [1.54, 1.807) is 18.2 Å². The molecule has 7 heteroatoms. The van der Waals surface area contributed by atoms with Crippen molar-refractivity contribution >= 4 is 57.8 Å². The van der Waals surface area contributed by atoms with Crippen molar-refractivity contribution in [2.45, 2.75) is 26.8 Å². The van der Waals surface area contributed by atoms with Crippen molar-refractivity contribution in [3.8, 4) is 0 Å². The molecule has 2 heterocycles. The van der Waals surface area contributed by atoms with E-state index in [1.165, 1.54) is 11.8 Å². The highest BCUT2D eigenvalue weighted by Crippen LogP contribution is 2.31. The summed E-state index contributed by atoms with van der Waals surface area (Å²) in [7, 11) is 0. The quantitative estimate of drug-likeness (QED) is 0.692. The van der Waals surface area contributed by atoms with Crippen molar-refractivity contribution in [1.82, 2.24) is 9.88 Å². The fraction of sp³-hybridized carbons (Fsp3) is 0.222. The van der Waals surface area contributed by atoms with Crippen LogP contribution in [0.5, 0.6) is 0 Å². The third kappa shape index (κ3) is 4.11. The number of nitrogens with zero attached hydrogens (tertiary/aromatic N) is 2. The number of carbonyl (C=O) groups is 1. The molecule has 130 valence electrons. The largest absolute Gasteiger partial charge is 0.349 e. The van der Waals surface area contributed by atoms with Crippen LogP contribution in [0, 0.1) is 6.92 Å². The molecule has 1 amide bonds. The van der Waals surface area contributed by atoms with Gasteiger partial charge in [-0.1, -0.05) is 23.2 Å². The number of hydrogen-bond acceptors (Lipinski definition) is 3. The number of rotatable bonds is 3. The number of carbonyl (C=O) groups excluding carboxylic acids is 1. The van der Waals surface area contributed by atoms with Gasteiger partial charge in [-0.3, -0.25) is 4.79 Å². The van der Waals surface area contributed by atoms with Crippen LogP contribution in [0.4, 0.5) is 5.69 Å². The molecule has 1 N–H and O–H groups in total. The smallest absolute Gasteiger partial charge is 0.264 e. The van der Waals surface area contributed by atoms with Gasteiger partial charge in [0.25, 0.3) is 5.91 Å². The monoisotopic (exact) mass is 393 g/mol. The molecule has 0 bridgehead atoms. The van der Waals surface area contributed by atoms with Crippen molar-refractivity contribution in [3.63, 3.8) is 0 Å². The van der Waals surface area contributed by atoms with E-state index in [1.807, 2.05) is 6.08 Å². The Balaban J connectivity index is 1.83. The maximum Gasteiger partial charge on any atom is 0.264 e. The van der Waals surface area contributed by atoms with Gasteiger partial charge < -0.3 is 9.88 Å². The Kier molecular flexibility index (Phi) is 5.27. The molecule has 0 saturated carbocycles. The minimum atomic E-state index is -0.154. The van der Waals surface area contributed by atoms with Gasteiger partial charge in [-0.2, -0.15) is 0 Å². The zero-order chi connectivity index (χ0) is 18.1. The minimum absolute atomic E-state index is 0.154. The molecule has 1 aromatic heterocycles. The van der Waals surface area contributed by atoms with E-state index in [0.29, 0.717) is 31.8 Å². The molecular weight excluding hydrogens is 377 g/mol. The lowest BCUT2D eigenvalue weighted by molar-refractivity contribution is -0.115. The molecule has 1 aliphatic heterocycles. The highest BCUT2D eigenvalue weighted by atomic mass is 35.5. The Hall–Kier alpha value is -1.69. The molecule has 25 heavy (non-hydrogen) atoms. The topological polar surface area (TPSA) is 46.4 Å². The molecule has 1 saturated heterocycles. The van der Waals surface area contributed by atoms with E-state index in [4.69, 9.17) is 23.2 Å². The first-order valence-electron chi connectivity index (χ1n) is 7.76. The lowest BCUT2D eigenvalue weighted by Crippen LogP contribution is -2.19. The Bertz CT molecular complexity index is 900. The van der Waals surface area contributed by atoms with Gasteiger partial charge in [0.05, 0.1) is 20.6 Å². The van der Waals surface area contributed by atoms with Crippen LogP contribution in [-0.4, -0.2) is 15.6 Å². The van der Waals surface area contributed by atoms with Crippen LogP contribution in [0.15, 0.2) is 40.4 Å². The first kappa shape index (κ1) is 18.1. The van der Waals surface area contributed by atoms with E-state index < -0.39 is 0 Å². The van der Waals surface area contributed by atoms with Gasteiger partial charge in [0.1, 0.15) is 0 Å². The summed E-state index contributed by atoms with van der Waals surface area (Å²) in [4.78, 5) is 17.2. The zero-order valence-electron chi connectivity index (χ0n) is 14.0. The molecule has 2 aromatic rings. The van der Waals surface area contributed by atoms with Crippen molar-refractivity contribution in [2.75, 3.05) is 0 Å². The van der Waals surface area contributed by atoms with Crippen molar-refractivity contribution in [1.29, 1.82) is 0 Å². The molecule has 1 fully saturated rings. The van der Waals surface area contributed by atoms with Crippen LogP contribution in [0.3, 0.4) is 0 Å². The van der Waals surface area contributed by atoms with Gasteiger partial charge in [0.2, 0.25) is 0 Å². The van der Waals surface area contributed by atoms with Crippen LogP contribution in [-0.2, 0) is 4.79 Å². The van der Waals surface area contributed by atoms with Crippen LogP contribution in [0.1, 0.15) is 31.1 Å². The predicted molar refractivity (Wildman–Crippen MR) is 107 cm³/mol. The van der Waals surface area contributed by atoms with Crippen LogP contribution in [0.25, 0.3) is 6.08 Å². The summed E-state index contributed by atoms with van der Waals surface area (Å²) in [6.07, 6.45) is 3.93. The van der Waals surface area contributed by atoms with Crippen molar-refractivity contribution in [2.24, 2.45) is 4.99 Å². The number of thioether (sulfide) groups is 1. The number of hydrogen-bond donors (Lipinski definition) is 1.